The Morgan fingerprint density at radius 1 is 0.939 bits per heavy atom. The van der Waals surface area contributed by atoms with Crippen molar-refractivity contribution in [1.82, 2.24) is 19.2 Å². The summed E-state index contributed by atoms with van der Waals surface area (Å²) in [5.74, 6) is 0.746. The van der Waals surface area contributed by atoms with Crippen LogP contribution in [0, 0.1) is 24.0 Å². The highest BCUT2D eigenvalue weighted by atomic mass is 32.2. The molecule has 2 heterocycles. The number of nitro groups is 1. The van der Waals surface area contributed by atoms with Gasteiger partial charge in [0.2, 0.25) is 5.78 Å². The van der Waals surface area contributed by atoms with Crippen LogP contribution in [0.1, 0.15) is 16.7 Å². The van der Waals surface area contributed by atoms with Crippen LogP contribution in [0.25, 0.3) is 22.4 Å². The van der Waals surface area contributed by atoms with Crippen molar-refractivity contribution in [2.45, 2.75) is 24.8 Å². The molecule has 0 aliphatic heterocycles. The molecule has 0 aliphatic rings. The molecule has 0 N–H and O–H groups in total. The van der Waals surface area contributed by atoms with Gasteiger partial charge in [0.1, 0.15) is 0 Å². The van der Waals surface area contributed by atoms with Crippen LogP contribution in [-0.4, -0.2) is 24.1 Å². The molecular formula is C24H19N5O3S. The lowest BCUT2D eigenvalue weighted by molar-refractivity contribution is -0.385. The highest BCUT2D eigenvalue weighted by molar-refractivity contribution is 7.98. The number of thioether (sulfide) groups is 1. The summed E-state index contributed by atoms with van der Waals surface area (Å²) < 4.78 is 3.46. The molecule has 5 aromatic rings. The van der Waals surface area contributed by atoms with Crippen molar-refractivity contribution in [2.24, 2.45) is 0 Å². The predicted molar refractivity (Wildman–Crippen MR) is 128 cm³/mol. The summed E-state index contributed by atoms with van der Waals surface area (Å²) in [6.45, 7) is 3.92. The van der Waals surface area contributed by atoms with Crippen LogP contribution in [0.2, 0.25) is 0 Å². The smallest absolute Gasteiger partial charge is 0.268 e. The van der Waals surface area contributed by atoms with E-state index in [-0.39, 0.29) is 16.2 Å². The van der Waals surface area contributed by atoms with Crippen molar-refractivity contribution in [3.63, 3.8) is 0 Å². The van der Waals surface area contributed by atoms with E-state index in [0.717, 1.165) is 16.8 Å². The molecule has 164 valence electrons. The Labute approximate surface area is 192 Å². The highest BCUT2D eigenvalue weighted by Crippen LogP contribution is 2.29. The lowest BCUT2D eigenvalue weighted by Gasteiger charge is -2.15. The maximum absolute atomic E-state index is 13.6. The number of para-hydroxylation sites is 3. The summed E-state index contributed by atoms with van der Waals surface area (Å²) >= 11 is 1.34. The molecule has 3 aromatic carbocycles. The second-order valence-electron chi connectivity index (χ2n) is 7.69. The molecule has 0 saturated heterocycles. The van der Waals surface area contributed by atoms with Gasteiger partial charge in [0, 0.05) is 17.4 Å². The zero-order valence-electron chi connectivity index (χ0n) is 17.9. The molecule has 0 unspecified atom stereocenters. The Hall–Kier alpha value is -3.98. The molecule has 0 aliphatic carbocycles. The average molecular weight is 458 g/mol. The van der Waals surface area contributed by atoms with Crippen molar-refractivity contribution in [3.8, 4) is 5.69 Å². The normalized spacial score (nSPS) is 11.3. The number of benzene rings is 3. The number of rotatable bonds is 5. The van der Waals surface area contributed by atoms with Crippen molar-refractivity contribution in [1.29, 1.82) is 0 Å². The maximum Gasteiger partial charge on any atom is 0.273 e. The minimum Gasteiger partial charge on any atom is -0.268 e. The zero-order valence-corrected chi connectivity index (χ0v) is 18.7. The van der Waals surface area contributed by atoms with Crippen LogP contribution in [0.5, 0.6) is 0 Å². The second kappa shape index (κ2) is 8.18. The van der Waals surface area contributed by atoms with Crippen LogP contribution in [0.4, 0.5) is 5.69 Å². The van der Waals surface area contributed by atoms with Gasteiger partial charge in [0.15, 0.2) is 5.16 Å². The summed E-state index contributed by atoms with van der Waals surface area (Å²) in [5, 5.41) is 21.2. The molecule has 0 fully saturated rings. The Morgan fingerprint density at radius 3 is 2.39 bits per heavy atom. The molecule has 0 bridgehead atoms. The fraction of sp³-hybridized carbons (Fsp3) is 0.125. The van der Waals surface area contributed by atoms with Gasteiger partial charge in [0.25, 0.3) is 11.2 Å². The van der Waals surface area contributed by atoms with E-state index < -0.39 is 0 Å². The molecule has 0 amide bonds. The van der Waals surface area contributed by atoms with E-state index in [4.69, 9.17) is 0 Å². The predicted octanol–water partition coefficient (Wildman–Crippen LogP) is 4.85. The molecule has 33 heavy (non-hydrogen) atoms. The first-order valence-corrected chi connectivity index (χ1v) is 11.3. The van der Waals surface area contributed by atoms with Gasteiger partial charge in [-0.1, -0.05) is 60.3 Å². The third-order valence-corrected chi connectivity index (χ3v) is 6.58. The number of hydrogen-bond acceptors (Lipinski definition) is 6. The summed E-state index contributed by atoms with van der Waals surface area (Å²) in [4.78, 5) is 24.6. The lowest BCUT2D eigenvalue weighted by Crippen LogP contribution is -2.23. The van der Waals surface area contributed by atoms with Crippen molar-refractivity contribution in [3.05, 3.63) is 104 Å². The number of aromatic nitrogens is 4. The zero-order chi connectivity index (χ0) is 23.1. The van der Waals surface area contributed by atoms with Gasteiger partial charge in [0.05, 0.1) is 21.5 Å². The number of fused-ring (bicyclic) bond motifs is 3. The average Bonchev–Trinajstić information content (AvgIpc) is 3.23. The van der Waals surface area contributed by atoms with Crippen molar-refractivity contribution < 1.29 is 4.92 Å². The Kier molecular flexibility index (Phi) is 5.18. The topological polar surface area (TPSA) is 95.3 Å². The third-order valence-electron chi connectivity index (χ3n) is 5.60. The molecule has 9 heteroatoms. The molecule has 8 nitrogen and oxygen atoms in total. The summed E-state index contributed by atoms with van der Waals surface area (Å²) in [5.41, 5.74) is 3.86. The number of nitrogens with zero attached hydrogens (tertiary/aromatic N) is 5. The van der Waals surface area contributed by atoms with Gasteiger partial charge in [-0.15, -0.1) is 10.2 Å². The minimum atomic E-state index is -0.383. The molecule has 0 atom stereocenters. The van der Waals surface area contributed by atoms with E-state index in [2.05, 4.69) is 10.2 Å². The van der Waals surface area contributed by atoms with Gasteiger partial charge in [-0.2, -0.15) is 0 Å². The van der Waals surface area contributed by atoms with E-state index in [1.54, 1.807) is 28.8 Å². The van der Waals surface area contributed by atoms with Gasteiger partial charge >= 0.3 is 0 Å². The first kappa shape index (κ1) is 20.9. The molecule has 0 spiro atoms. The Balaban J connectivity index is 1.73. The van der Waals surface area contributed by atoms with Gasteiger partial charge in [-0.05, 0) is 37.1 Å². The summed E-state index contributed by atoms with van der Waals surface area (Å²) in [6.07, 6.45) is 0. The van der Waals surface area contributed by atoms with Crippen LogP contribution >= 0.6 is 11.8 Å². The number of nitro benzene ring substituents is 1. The Morgan fingerprint density at radius 2 is 1.64 bits per heavy atom. The van der Waals surface area contributed by atoms with Crippen LogP contribution in [0.3, 0.4) is 0 Å². The first-order chi connectivity index (χ1) is 16.0. The van der Waals surface area contributed by atoms with Gasteiger partial charge in [-0.25, -0.2) is 4.57 Å². The van der Waals surface area contributed by atoms with E-state index in [9.17, 15) is 14.9 Å². The molecule has 2 aromatic heterocycles. The quantitative estimate of drug-likeness (QED) is 0.213. The largest absolute Gasteiger partial charge is 0.273 e. The van der Waals surface area contributed by atoms with Crippen LogP contribution in [0.15, 0.2) is 76.7 Å². The van der Waals surface area contributed by atoms with E-state index >= 15 is 0 Å². The molecular weight excluding hydrogens is 438 g/mol. The van der Waals surface area contributed by atoms with E-state index in [0.29, 0.717) is 33.2 Å². The summed E-state index contributed by atoms with van der Waals surface area (Å²) in [6, 6.07) is 19.9. The lowest BCUT2D eigenvalue weighted by atomic mass is 10.1. The molecule has 0 saturated carbocycles. The standard InChI is InChI=1S/C24H19N5O3S/c1-15-8-7-9-16(2)21(15)28-22(30)18-11-4-6-13-20(18)27-23(28)25-26-24(27)33-14-17-10-3-5-12-19(17)29(31)32/h3-13H,14H2,1-2H3. The monoisotopic (exact) mass is 457 g/mol. The first-order valence-electron chi connectivity index (χ1n) is 10.3. The Bertz CT molecular complexity index is 1590. The number of aryl methyl sites for hydroxylation is 2. The minimum absolute atomic E-state index is 0.0659. The van der Waals surface area contributed by atoms with Gasteiger partial charge < -0.3 is 0 Å². The van der Waals surface area contributed by atoms with Crippen LogP contribution in [-0.2, 0) is 5.75 Å². The van der Waals surface area contributed by atoms with Crippen LogP contribution < -0.4 is 5.56 Å². The SMILES string of the molecule is Cc1cccc(C)c1-n1c(=O)c2ccccc2n2c(SCc3ccccc3[N+](=O)[O-])nnc12. The maximum atomic E-state index is 13.6. The van der Waals surface area contributed by atoms with E-state index in [1.165, 1.54) is 17.8 Å². The van der Waals surface area contributed by atoms with Crippen molar-refractivity contribution in [2.75, 3.05) is 0 Å². The fourth-order valence-corrected chi connectivity index (χ4v) is 5.02. The molecule has 0 radical (unpaired) electrons. The third kappa shape index (κ3) is 3.46. The van der Waals surface area contributed by atoms with Gasteiger partial charge in [-0.3, -0.25) is 19.3 Å². The second-order valence-corrected chi connectivity index (χ2v) is 8.63. The van der Waals surface area contributed by atoms with E-state index in [1.807, 2.05) is 54.6 Å². The summed E-state index contributed by atoms with van der Waals surface area (Å²) in [7, 11) is 0. The van der Waals surface area contributed by atoms with Crippen molar-refractivity contribution >= 4 is 34.1 Å². The number of hydrogen-bond donors (Lipinski definition) is 0. The highest BCUT2D eigenvalue weighted by Gasteiger charge is 2.21. The fourth-order valence-electron chi connectivity index (χ4n) is 4.09. The molecule has 5 rings (SSSR count).